The van der Waals surface area contributed by atoms with Gasteiger partial charge in [-0.1, -0.05) is 31.7 Å². The lowest BCUT2D eigenvalue weighted by Crippen LogP contribution is -2.18. The van der Waals surface area contributed by atoms with E-state index in [9.17, 15) is 0 Å². The van der Waals surface area contributed by atoms with Crippen molar-refractivity contribution in [2.24, 2.45) is 11.7 Å². The van der Waals surface area contributed by atoms with Gasteiger partial charge in [-0.2, -0.15) is 0 Å². The number of hydrogen-bond acceptors (Lipinski definition) is 2. The van der Waals surface area contributed by atoms with Crippen LogP contribution in [0.25, 0.3) is 0 Å². The normalized spacial score (nSPS) is 25.1. The molecular weight excluding hydrogens is 234 g/mol. The van der Waals surface area contributed by atoms with Crippen LogP contribution >= 0.6 is 0 Å². The van der Waals surface area contributed by atoms with Gasteiger partial charge >= 0.3 is 0 Å². The minimum absolute atomic E-state index is 0.380. The molecule has 0 saturated heterocycles. The Bertz CT molecular complexity index is 357. The predicted octanol–water partition coefficient (Wildman–Crippen LogP) is 4.11. The molecule has 0 aromatic rings. The van der Waals surface area contributed by atoms with Crippen molar-refractivity contribution in [2.75, 3.05) is 6.54 Å². The van der Waals surface area contributed by atoms with Gasteiger partial charge in [0.2, 0.25) is 0 Å². The molecular formula is C17H27NO. The fourth-order valence-corrected chi connectivity index (χ4v) is 2.28. The SMILES string of the molecule is C=C(/C=C\C)/C=C(\C=C/OC1CCC(C)CC1)CN. The molecule has 1 aliphatic carbocycles. The van der Waals surface area contributed by atoms with E-state index in [1.54, 1.807) is 6.26 Å². The highest BCUT2D eigenvalue weighted by Gasteiger charge is 2.17. The number of allylic oxidation sites excluding steroid dienone is 4. The van der Waals surface area contributed by atoms with Crippen molar-refractivity contribution in [2.45, 2.75) is 45.6 Å². The van der Waals surface area contributed by atoms with Crippen molar-refractivity contribution in [1.82, 2.24) is 0 Å². The van der Waals surface area contributed by atoms with Gasteiger partial charge in [-0.15, -0.1) is 0 Å². The van der Waals surface area contributed by atoms with Gasteiger partial charge in [-0.25, -0.2) is 0 Å². The first-order valence-electron chi connectivity index (χ1n) is 7.20. The van der Waals surface area contributed by atoms with E-state index in [2.05, 4.69) is 13.5 Å². The maximum atomic E-state index is 5.78. The molecule has 0 bridgehead atoms. The fraction of sp³-hybridized carbons (Fsp3) is 0.529. The second-order valence-electron chi connectivity index (χ2n) is 5.32. The van der Waals surface area contributed by atoms with E-state index in [0.29, 0.717) is 12.6 Å². The molecule has 2 nitrogen and oxygen atoms in total. The van der Waals surface area contributed by atoms with Crippen LogP contribution in [-0.2, 0) is 4.74 Å². The van der Waals surface area contributed by atoms with Crippen LogP contribution in [0.4, 0.5) is 0 Å². The molecule has 0 unspecified atom stereocenters. The van der Waals surface area contributed by atoms with E-state index in [1.807, 2.05) is 31.2 Å². The summed E-state index contributed by atoms with van der Waals surface area (Å²) in [5.41, 5.74) is 7.71. The summed E-state index contributed by atoms with van der Waals surface area (Å²) in [4.78, 5) is 0. The molecule has 0 aliphatic heterocycles. The maximum absolute atomic E-state index is 5.78. The van der Waals surface area contributed by atoms with Gasteiger partial charge in [0.1, 0.15) is 0 Å². The quantitative estimate of drug-likeness (QED) is 0.577. The van der Waals surface area contributed by atoms with Gasteiger partial charge in [0.05, 0.1) is 12.4 Å². The average Bonchev–Trinajstić information content (AvgIpc) is 2.40. The molecule has 0 heterocycles. The number of hydrogen-bond donors (Lipinski definition) is 1. The van der Waals surface area contributed by atoms with Crippen LogP contribution in [-0.4, -0.2) is 12.6 Å². The largest absolute Gasteiger partial charge is 0.498 e. The summed E-state index contributed by atoms with van der Waals surface area (Å²) >= 11 is 0. The van der Waals surface area contributed by atoms with Crippen molar-refractivity contribution in [3.63, 3.8) is 0 Å². The van der Waals surface area contributed by atoms with Gasteiger partial charge in [0.15, 0.2) is 0 Å². The Morgan fingerprint density at radius 1 is 1.26 bits per heavy atom. The van der Waals surface area contributed by atoms with Gasteiger partial charge in [0.25, 0.3) is 0 Å². The van der Waals surface area contributed by atoms with E-state index in [1.165, 1.54) is 25.7 Å². The molecule has 0 atom stereocenters. The predicted molar refractivity (Wildman–Crippen MR) is 82.7 cm³/mol. The van der Waals surface area contributed by atoms with Crippen molar-refractivity contribution in [3.8, 4) is 0 Å². The van der Waals surface area contributed by atoms with Crippen molar-refractivity contribution in [1.29, 1.82) is 0 Å². The molecule has 1 rings (SSSR count). The molecule has 19 heavy (non-hydrogen) atoms. The van der Waals surface area contributed by atoms with Crippen LogP contribution in [0.5, 0.6) is 0 Å². The first-order chi connectivity index (χ1) is 9.15. The van der Waals surface area contributed by atoms with Crippen LogP contribution < -0.4 is 5.73 Å². The molecule has 1 saturated carbocycles. The zero-order valence-electron chi connectivity index (χ0n) is 12.3. The van der Waals surface area contributed by atoms with Crippen LogP contribution in [0.2, 0.25) is 0 Å². The monoisotopic (exact) mass is 261 g/mol. The number of rotatable bonds is 6. The van der Waals surface area contributed by atoms with Gasteiger partial charge in [0, 0.05) is 6.54 Å². The van der Waals surface area contributed by atoms with Crippen LogP contribution in [0.3, 0.4) is 0 Å². The topological polar surface area (TPSA) is 35.2 Å². The second kappa shape index (κ2) is 8.76. The highest BCUT2D eigenvalue weighted by molar-refractivity contribution is 5.35. The summed E-state index contributed by atoms with van der Waals surface area (Å²) in [7, 11) is 0. The molecule has 2 N–H and O–H groups in total. The minimum Gasteiger partial charge on any atom is -0.498 e. The standard InChI is InChI=1S/C17H27NO/c1-4-5-15(3)12-16(13-18)10-11-19-17-8-6-14(2)7-9-17/h4-5,10-12,14,17H,3,6-9,13,18H2,1-2H3/b5-4-,11-10-,16-12+. The smallest absolute Gasteiger partial charge is 0.0978 e. The van der Waals surface area contributed by atoms with Crippen molar-refractivity contribution < 1.29 is 4.74 Å². The highest BCUT2D eigenvalue weighted by atomic mass is 16.5. The Morgan fingerprint density at radius 2 is 1.95 bits per heavy atom. The zero-order valence-corrected chi connectivity index (χ0v) is 12.3. The molecule has 1 aliphatic rings. The van der Waals surface area contributed by atoms with Crippen LogP contribution in [0.1, 0.15) is 39.5 Å². The maximum Gasteiger partial charge on any atom is 0.0978 e. The van der Waals surface area contributed by atoms with Crippen molar-refractivity contribution in [3.05, 3.63) is 48.3 Å². The molecule has 0 amide bonds. The summed E-state index contributed by atoms with van der Waals surface area (Å²) < 4.78 is 5.78. The number of nitrogens with two attached hydrogens (primary N) is 1. The molecule has 0 aromatic heterocycles. The highest BCUT2D eigenvalue weighted by Crippen LogP contribution is 2.25. The third-order valence-electron chi connectivity index (χ3n) is 3.50. The Labute approximate surface area is 117 Å². The minimum atomic E-state index is 0.380. The molecule has 0 radical (unpaired) electrons. The summed E-state index contributed by atoms with van der Waals surface area (Å²) in [6.45, 7) is 8.73. The Morgan fingerprint density at radius 3 is 2.53 bits per heavy atom. The van der Waals surface area contributed by atoms with E-state index in [-0.39, 0.29) is 0 Å². The van der Waals surface area contributed by atoms with E-state index in [0.717, 1.165) is 17.1 Å². The zero-order chi connectivity index (χ0) is 14.1. The Hall–Kier alpha value is -1.28. The van der Waals surface area contributed by atoms with Gasteiger partial charge in [-0.05, 0) is 55.7 Å². The molecule has 0 spiro atoms. The fourth-order valence-electron chi connectivity index (χ4n) is 2.28. The van der Waals surface area contributed by atoms with E-state index in [4.69, 9.17) is 10.5 Å². The molecule has 2 heteroatoms. The Balaban J connectivity index is 2.43. The average molecular weight is 261 g/mol. The lowest BCUT2D eigenvalue weighted by Gasteiger charge is -2.25. The summed E-state index contributed by atoms with van der Waals surface area (Å²) in [6, 6.07) is 0. The van der Waals surface area contributed by atoms with Crippen molar-refractivity contribution >= 4 is 0 Å². The first-order valence-corrected chi connectivity index (χ1v) is 7.20. The lowest BCUT2D eigenvalue weighted by molar-refractivity contribution is 0.0914. The van der Waals surface area contributed by atoms with Gasteiger partial charge < -0.3 is 10.5 Å². The first kappa shape index (κ1) is 15.8. The van der Waals surface area contributed by atoms with E-state index < -0.39 is 0 Å². The summed E-state index contributed by atoms with van der Waals surface area (Å²) in [6.07, 6.45) is 14.9. The second-order valence-corrected chi connectivity index (χ2v) is 5.32. The van der Waals surface area contributed by atoms with E-state index >= 15 is 0 Å². The Kier molecular flexibility index (Phi) is 7.27. The third kappa shape index (κ3) is 6.44. The molecule has 1 fully saturated rings. The van der Waals surface area contributed by atoms with Crippen LogP contribution in [0.15, 0.2) is 48.3 Å². The summed E-state index contributed by atoms with van der Waals surface area (Å²) in [5.74, 6) is 0.854. The van der Waals surface area contributed by atoms with Crippen LogP contribution in [0, 0.1) is 5.92 Å². The summed E-state index contributed by atoms with van der Waals surface area (Å²) in [5, 5.41) is 0. The molecule has 106 valence electrons. The molecule has 0 aromatic carbocycles. The van der Waals surface area contributed by atoms with Gasteiger partial charge in [-0.3, -0.25) is 0 Å². The lowest BCUT2D eigenvalue weighted by atomic mass is 9.89. The number of ether oxygens (including phenoxy) is 1. The third-order valence-corrected chi connectivity index (χ3v) is 3.50.